The number of amides is 2. The van der Waals surface area contributed by atoms with Crippen LogP contribution in [0.15, 0.2) is 59.5 Å². The summed E-state index contributed by atoms with van der Waals surface area (Å²) < 4.78 is 0.863. The highest BCUT2D eigenvalue weighted by atomic mass is 79.9. The Kier molecular flexibility index (Phi) is 3.41. The summed E-state index contributed by atoms with van der Waals surface area (Å²) in [5, 5.41) is 7.66. The van der Waals surface area contributed by atoms with E-state index in [-0.39, 0.29) is 11.5 Å². The molecule has 0 saturated carbocycles. The van der Waals surface area contributed by atoms with Crippen LogP contribution in [0.4, 0.5) is 5.69 Å². The molecular formula is C19H10BrN5O2. The number of benzene rings is 1. The van der Waals surface area contributed by atoms with Crippen molar-refractivity contribution in [3.05, 3.63) is 70.6 Å². The second kappa shape index (κ2) is 5.82. The van der Waals surface area contributed by atoms with Gasteiger partial charge in [-0.3, -0.25) is 19.7 Å². The van der Waals surface area contributed by atoms with Gasteiger partial charge in [-0.1, -0.05) is 15.9 Å². The molecule has 0 saturated heterocycles. The molecule has 2 amide bonds. The van der Waals surface area contributed by atoms with Crippen molar-refractivity contribution in [3.8, 4) is 11.3 Å². The van der Waals surface area contributed by atoms with Crippen LogP contribution >= 0.6 is 15.9 Å². The highest BCUT2D eigenvalue weighted by molar-refractivity contribution is 9.10. The second-order valence-electron chi connectivity index (χ2n) is 6.00. The van der Waals surface area contributed by atoms with E-state index in [1.165, 1.54) is 11.1 Å². The number of anilines is 1. The van der Waals surface area contributed by atoms with Gasteiger partial charge in [0.2, 0.25) is 0 Å². The summed E-state index contributed by atoms with van der Waals surface area (Å²) in [7, 11) is 0. The maximum absolute atomic E-state index is 13.2. The Hall–Kier alpha value is -3.39. The molecule has 130 valence electrons. The minimum atomic E-state index is -0.395. The lowest BCUT2D eigenvalue weighted by atomic mass is 10.0. The molecule has 0 aliphatic carbocycles. The molecule has 4 heterocycles. The Morgan fingerprint density at radius 2 is 1.70 bits per heavy atom. The third-order valence-corrected chi connectivity index (χ3v) is 5.02. The smallest absolute Gasteiger partial charge is 0.267 e. The summed E-state index contributed by atoms with van der Waals surface area (Å²) in [6.07, 6.45) is 4.72. The van der Waals surface area contributed by atoms with E-state index in [0.29, 0.717) is 28.0 Å². The zero-order chi connectivity index (χ0) is 18.5. The van der Waals surface area contributed by atoms with E-state index in [1.54, 1.807) is 48.8 Å². The van der Waals surface area contributed by atoms with Crippen LogP contribution in [-0.4, -0.2) is 32.0 Å². The van der Waals surface area contributed by atoms with Crippen molar-refractivity contribution in [2.45, 2.75) is 0 Å². The van der Waals surface area contributed by atoms with E-state index >= 15 is 0 Å². The summed E-state index contributed by atoms with van der Waals surface area (Å²) in [5.41, 5.74) is 2.92. The van der Waals surface area contributed by atoms with Crippen molar-refractivity contribution < 1.29 is 9.59 Å². The van der Waals surface area contributed by atoms with Crippen molar-refractivity contribution in [2.75, 3.05) is 4.90 Å². The van der Waals surface area contributed by atoms with Crippen LogP contribution < -0.4 is 4.90 Å². The predicted octanol–water partition coefficient (Wildman–Crippen LogP) is 3.58. The van der Waals surface area contributed by atoms with Gasteiger partial charge in [-0.15, -0.1) is 0 Å². The van der Waals surface area contributed by atoms with Gasteiger partial charge in [0.05, 0.1) is 27.9 Å². The first kappa shape index (κ1) is 15.8. The number of hydrogen-bond donors (Lipinski definition) is 1. The summed E-state index contributed by atoms with van der Waals surface area (Å²) in [5.74, 6) is -0.782. The van der Waals surface area contributed by atoms with Crippen molar-refractivity contribution >= 4 is 44.5 Å². The lowest BCUT2D eigenvalue weighted by Crippen LogP contribution is -2.29. The van der Waals surface area contributed by atoms with Crippen LogP contribution in [0, 0.1) is 0 Å². The quantitative estimate of drug-likeness (QED) is 0.501. The number of hydrogen-bond acceptors (Lipinski definition) is 5. The number of fused-ring (bicyclic) bond motifs is 3. The molecular weight excluding hydrogens is 410 g/mol. The SMILES string of the molecule is O=C1c2cnc3n[nH]c(-c4ccncc4)c3c2C(=O)N1c1ccc(Br)cc1. The molecule has 1 aromatic carbocycles. The van der Waals surface area contributed by atoms with Gasteiger partial charge in [-0.2, -0.15) is 5.10 Å². The normalized spacial score (nSPS) is 13.4. The van der Waals surface area contributed by atoms with E-state index in [4.69, 9.17) is 0 Å². The van der Waals surface area contributed by atoms with Gasteiger partial charge in [-0.25, -0.2) is 9.88 Å². The van der Waals surface area contributed by atoms with E-state index in [2.05, 4.69) is 36.1 Å². The third-order valence-electron chi connectivity index (χ3n) is 4.49. The maximum Gasteiger partial charge on any atom is 0.267 e. The summed E-state index contributed by atoms with van der Waals surface area (Å²) in [6, 6.07) is 10.6. The number of aromatic amines is 1. The van der Waals surface area contributed by atoms with Crippen LogP contribution in [0.1, 0.15) is 20.7 Å². The molecule has 27 heavy (non-hydrogen) atoms. The minimum Gasteiger partial charge on any atom is -0.275 e. The molecule has 0 spiro atoms. The number of carbonyl (C=O) groups is 2. The molecule has 0 radical (unpaired) electrons. The number of halogens is 1. The Labute approximate surface area is 161 Å². The number of carbonyl (C=O) groups excluding carboxylic acids is 2. The van der Waals surface area contributed by atoms with Gasteiger partial charge in [-0.05, 0) is 36.4 Å². The van der Waals surface area contributed by atoms with Crippen LogP contribution in [0.5, 0.6) is 0 Å². The van der Waals surface area contributed by atoms with Gasteiger partial charge in [0.1, 0.15) is 0 Å². The van der Waals surface area contributed by atoms with Gasteiger partial charge in [0.15, 0.2) is 5.65 Å². The Bertz CT molecular complexity index is 1220. The first-order chi connectivity index (χ1) is 13.1. The molecule has 1 aliphatic rings. The van der Waals surface area contributed by atoms with Crippen molar-refractivity contribution in [1.82, 2.24) is 20.2 Å². The average Bonchev–Trinajstić information content (AvgIpc) is 3.23. The summed E-state index contributed by atoms with van der Waals surface area (Å²) >= 11 is 3.36. The zero-order valence-electron chi connectivity index (χ0n) is 13.7. The molecule has 5 rings (SSSR count). The third kappa shape index (κ3) is 2.30. The standard InChI is InChI=1S/C19H10BrN5O2/c20-11-1-3-12(4-2-11)25-18(26)13-9-22-17-15(14(13)19(25)27)16(23-24-17)10-5-7-21-8-6-10/h1-9H,(H,22,23,24). The first-order valence-electron chi connectivity index (χ1n) is 8.07. The molecule has 1 aliphatic heterocycles. The average molecular weight is 420 g/mol. The number of nitrogens with zero attached hydrogens (tertiary/aromatic N) is 4. The van der Waals surface area contributed by atoms with Gasteiger partial charge in [0.25, 0.3) is 11.8 Å². The van der Waals surface area contributed by atoms with Crippen LogP contribution in [0.3, 0.4) is 0 Å². The van der Waals surface area contributed by atoms with Gasteiger partial charge >= 0.3 is 0 Å². The monoisotopic (exact) mass is 419 g/mol. The van der Waals surface area contributed by atoms with Gasteiger partial charge in [0, 0.05) is 28.6 Å². The lowest BCUT2D eigenvalue weighted by molar-refractivity contribution is 0.0926. The zero-order valence-corrected chi connectivity index (χ0v) is 15.3. The topological polar surface area (TPSA) is 91.8 Å². The number of imide groups is 1. The van der Waals surface area contributed by atoms with Crippen molar-refractivity contribution in [1.29, 1.82) is 0 Å². The molecule has 7 nitrogen and oxygen atoms in total. The molecule has 0 unspecified atom stereocenters. The Morgan fingerprint density at radius 3 is 2.44 bits per heavy atom. The fourth-order valence-electron chi connectivity index (χ4n) is 3.25. The fourth-order valence-corrected chi connectivity index (χ4v) is 3.51. The lowest BCUT2D eigenvalue weighted by Gasteiger charge is -2.13. The Morgan fingerprint density at radius 1 is 0.963 bits per heavy atom. The first-order valence-corrected chi connectivity index (χ1v) is 8.86. The molecule has 0 fully saturated rings. The van der Waals surface area contributed by atoms with Crippen molar-refractivity contribution in [3.63, 3.8) is 0 Å². The highest BCUT2D eigenvalue weighted by Crippen LogP contribution is 2.36. The number of nitrogens with one attached hydrogen (secondary N) is 1. The second-order valence-corrected chi connectivity index (χ2v) is 6.92. The maximum atomic E-state index is 13.2. The van der Waals surface area contributed by atoms with E-state index in [1.807, 2.05) is 0 Å². The van der Waals surface area contributed by atoms with Crippen LogP contribution in [0.2, 0.25) is 0 Å². The molecule has 0 bridgehead atoms. The van der Waals surface area contributed by atoms with E-state index < -0.39 is 5.91 Å². The molecule has 0 atom stereocenters. The highest BCUT2D eigenvalue weighted by Gasteiger charge is 2.39. The number of rotatable bonds is 2. The van der Waals surface area contributed by atoms with Crippen LogP contribution in [-0.2, 0) is 0 Å². The summed E-state index contributed by atoms with van der Waals surface area (Å²) in [6.45, 7) is 0. The Balaban J connectivity index is 1.74. The fraction of sp³-hybridized carbons (Fsp3) is 0. The number of pyridine rings is 2. The number of aromatic nitrogens is 4. The predicted molar refractivity (Wildman–Crippen MR) is 102 cm³/mol. The summed E-state index contributed by atoms with van der Waals surface area (Å²) in [4.78, 5) is 35.6. The van der Waals surface area contributed by atoms with Gasteiger partial charge < -0.3 is 0 Å². The number of H-pyrrole nitrogens is 1. The van der Waals surface area contributed by atoms with E-state index in [9.17, 15) is 9.59 Å². The van der Waals surface area contributed by atoms with Crippen molar-refractivity contribution in [2.24, 2.45) is 0 Å². The van der Waals surface area contributed by atoms with E-state index in [0.717, 1.165) is 10.0 Å². The molecule has 8 heteroatoms. The molecule has 1 N–H and O–H groups in total. The molecule has 3 aromatic heterocycles. The largest absolute Gasteiger partial charge is 0.275 e. The minimum absolute atomic E-state index is 0.270. The molecule has 4 aromatic rings. The van der Waals surface area contributed by atoms with Crippen LogP contribution in [0.25, 0.3) is 22.3 Å².